The predicted octanol–water partition coefficient (Wildman–Crippen LogP) is 3.65. The molecule has 0 bridgehead atoms. The Balaban J connectivity index is 1.52. The molecule has 1 saturated carbocycles. The van der Waals surface area contributed by atoms with E-state index in [1.807, 2.05) is 36.1 Å². The SMILES string of the molecule is Cc1ccc(C(=O)N2CC(=O)N(C3CCCCC3)CC(OCc3cccnc3)C2)s1. The summed E-state index contributed by atoms with van der Waals surface area (Å²) in [6, 6.07) is 7.92. The van der Waals surface area contributed by atoms with Crippen LogP contribution in [0.2, 0.25) is 0 Å². The van der Waals surface area contributed by atoms with E-state index in [-0.39, 0.29) is 30.5 Å². The molecule has 0 N–H and O–H groups in total. The van der Waals surface area contributed by atoms with Crippen LogP contribution in [0, 0.1) is 6.92 Å². The highest BCUT2D eigenvalue weighted by atomic mass is 32.1. The fourth-order valence-corrected chi connectivity index (χ4v) is 5.19. The lowest BCUT2D eigenvalue weighted by molar-refractivity contribution is -0.134. The van der Waals surface area contributed by atoms with E-state index in [1.165, 1.54) is 17.8 Å². The molecule has 160 valence electrons. The second-order valence-corrected chi connectivity index (χ2v) is 9.52. The highest BCUT2D eigenvalue weighted by molar-refractivity contribution is 7.13. The molecule has 6 nitrogen and oxygen atoms in total. The number of carbonyl (C=O) groups is 2. The van der Waals surface area contributed by atoms with Gasteiger partial charge in [0.2, 0.25) is 5.91 Å². The zero-order chi connectivity index (χ0) is 20.9. The van der Waals surface area contributed by atoms with Gasteiger partial charge in [0.1, 0.15) is 6.54 Å². The maximum atomic E-state index is 13.2. The Kier molecular flexibility index (Phi) is 6.79. The molecule has 7 heteroatoms. The van der Waals surface area contributed by atoms with Gasteiger partial charge in [-0.2, -0.15) is 0 Å². The smallest absolute Gasteiger partial charge is 0.264 e. The number of thiophene rings is 1. The van der Waals surface area contributed by atoms with Gasteiger partial charge in [-0.15, -0.1) is 11.3 Å². The fraction of sp³-hybridized carbons (Fsp3) is 0.522. The van der Waals surface area contributed by atoms with Crippen LogP contribution in [-0.4, -0.2) is 58.4 Å². The van der Waals surface area contributed by atoms with Gasteiger partial charge in [-0.05, 0) is 43.5 Å². The quantitative estimate of drug-likeness (QED) is 0.731. The van der Waals surface area contributed by atoms with Gasteiger partial charge < -0.3 is 14.5 Å². The topological polar surface area (TPSA) is 62.7 Å². The molecule has 1 saturated heterocycles. The normalized spacial score (nSPS) is 21.0. The van der Waals surface area contributed by atoms with Crippen molar-refractivity contribution >= 4 is 23.2 Å². The molecule has 4 rings (SSSR count). The molecular weight excluding hydrogens is 398 g/mol. The maximum absolute atomic E-state index is 13.2. The first-order valence-electron chi connectivity index (χ1n) is 10.8. The van der Waals surface area contributed by atoms with Gasteiger partial charge in [0, 0.05) is 36.4 Å². The molecule has 0 aromatic carbocycles. The number of hydrogen-bond donors (Lipinski definition) is 0. The number of aromatic nitrogens is 1. The number of amides is 2. The number of ether oxygens (including phenoxy) is 1. The van der Waals surface area contributed by atoms with Crippen LogP contribution in [-0.2, 0) is 16.1 Å². The van der Waals surface area contributed by atoms with Crippen LogP contribution in [0.25, 0.3) is 0 Å². The van der Waals surface area contributed by atoms with Crippen molar-refractivity contribution in [2.75, 3.05) is 19.6 Å². The molecule has 1 unspecified atom stereocenters. The summed E-state index contributed by atoms with van der Waals surface area (Å²) in [5.41, 5.74) is 0.990. The fourth-order valence-electron chi connectivity index (χ4n) is 4.35. The summed E-state index contributed by atoms with van der Waals surface area (Å²) in [7, 11) is 0. The standard InChI is InChI=1S/C23H29N3O3S/c1-17-9-10-21(30-17)23(28)25-13-20(29-16-18-6-5-11-24-12-18)14-26(22(27)15-25)19-7-3-2-4-8-19/h5-6,9-12,19-20H,2-4,7-8,13-16H2,1H3. The van der Waals surface area contributed by atoms with E-state index in [2.05, 4.69) is 4.98 Å². The minimum absolute atomic E-state index is 0.0380. The molecule has 2 aromatic rings. The number of rotatable bonds is 5. The van der Waals surface area contributed by atoms with E-state index in [0.717, 1.165) is 36.1 Å². The van der Waals surface area contributed by atoms with Gasteiger partial charge in [0.25, 0.3) is 5.91 Å². The highest BCUT2D eigenvalue weighted by Crippen LogP contribution is 2.26. The third-order valence-electron chi connectivity index (χ3n) is 5.93. The Bertz CT molecular complexity index is 864. The first-order valence-corrected chi connectivity index (χ1v) is 11.6. The Labute approximate surface area is 181 Å². The molecule has 2 aromatic heterocycles. The molecule has 1 aliphatic carbocycles. The molecular formula is C23H29N3O3S. The molecule has 3 heterocycles. The second kappa shape index (κ2) is 9.71. The van der Waals surface area contributed by atoms with Crippen LogP contribution in [0.5, 0.6) is 0 Å². The third kappa shape index (κ3) is 5.08. The summed E-state index contributed by atoms with van der Waals surface area (Å²) < 4.78 is 6.22. The number of aryl methyl sites for hydroxylation is 1. The van der Waals surface area contributed by atoms with Crippen molar-refractivity contribution in [1.82, 2.24) is 14.8 Å². The summed E-state index contributed by atoms with van der Waals surface area (Å²) in [6.07, 6.45) is 8.95. The Morgan fingerprint density at radius 3 is 2.73 bits per heavy atom. The molecule has 2 amide bonds. The van der Waals surface area contributed by atoms with Crippen LogP contribution >= 0.6 is 11.3 Å². The summed E-state index contributed by atoms with van der Waals surface area (Å²) in [4.78, 5) is 35.8. The van der Waals surface area contributed by atoms with E-state index in [1.54, 1.807) is 17.3 Å². The highest BCUT2D eigenvalue weighted by Gasteiger charge is 2.35. The van der Waals surface area contributed by atoms with Gasteiger partial charge >= 0.3 is 0 Å². The first-order chi connectivity index (χ1) is 14.6. The zero-order valence-electron chi connectivity index (χ0n) is 17.5. The summed E-state index contributed by atoms with van der Waals surface area (Å²) in [5, 5.41) is 0. The summed E-state index contributed by atoms with van der Waals surface area (Å²) >= 11 is 1.47. The zero-order valence-corrected chi connectivity index (χ0v) is 18.3. The van der Waals surface area contributed by atoms with Crippen molar-refractivity contribution in [1.29, 1.82) is 0 Å². The Hall–Kier alpha value is -2.25. The Morgan fingerprint density at radius 2 is 2.03 bits per heavy atom. The lowest BCUT2D eigenvalue weighted by Gasteiger charge is -2.34. The molecule has 1 atom stereocenters. The van der Waals surface area contributed by atoms with E-state index in [9.17, 15) is 9.59 Å². The maximum Gasteiger partial charge on any atom is 0.264 e. The van der Waals surface area contributed by atoms with Crippen LogP contribution in [0.3, 0.4) is 0 Å². The van der Waals surface area contributed by atoms with Crippen molar-refractivity contribution in [2.24, 2.45) is 0 Å². The van der Waals surface area contributed by atoms with E-state index >= 15 is 0 Å². The monoisotopic (exact) mass is 427 g/mol. The average molecular weight is 428 g/mol. The van der Waals surface area contributed by atoms with Crippen molar-refractivity contribution in [3.05, 3.63) is 52.0 Å². The van der Waals surface area contributed by atoms with Crippen LogP contribution in [0.15, 0.2) is 36.7 Å². The van der Waals surface area contributed by atoms with Crippen molar-refractivity contribution in [3.63, 3.8) is 0 Å². The largest absolute Gasteiger partial charge is 0.370 e. The van der Waals surface area contributed by atoms with E-state index in [4.69, 9.17) is 4.74 Å². The van der Waals surface area contributed by atoms with Crippen molar-refractivity contribution in [3.8, 4) is 0 Å². The molecule has 1 aliphatic heterocycles. The number of carbonyl (C=O) groups excluding carboxylic acids is 2. The minimum atomic E-state index is -0.219. The van der Waals surface area contributed by atoms with E-state index in [0.29, 0.717) is 24.6 Å². The molecule has 2 fully saturated rings. The van der Waals surface area contributed by atoms with Crippen LogP contribution in [0.1, 0.15) is 52.2 Å². The van der Waals surface area contributed by atoms with Gasteiger partial charge in [-0.3, -0.25) is 14.6 Å². The van der Waals surface area contributed by atoms with Gasteiger partial charge in [0.15, 0.2) is 0 Å². The van der Waals surface area contributed by atoms with Crippen molar-refractivity contribution < 1.29 is 14.3 Å². The second-order valence-electron chi connectivity index (χ2n) is 8.23. The Morgan fingerprint density at radius 1 is 1.20 bits per heavy atom. The molecule has 0 spiro atoms. The average Bonchev–Trinajstić information content (AvgIpc) is 3.14. The van der Waals surface area contributed by atoms with E-state index < -0.39 is 0 Å². The third-order valence-corrected chi connectivity index (χ3v) is 6.92. The first kappa shape index (κ1) is 21.0. The lowest BCUT2D eigenvalue weighted by atomic mass is 9.94. The van der Waals surface area contributed by atoms with Gasteiger partial charge in [-0.25, -0.2) is 0 Å². The predicted molar refractivity (Wildman–Crippen MR) is 116 cm³/mol. The molecule has 0 radical (unpaired) electrons. The number of hydrogen-bond acceptors (Lipinski definition) is 5. The van der Waals surface area contributed by atoms with Gasteiger partial charge in [0.05, 0.1) is 17.6 Å². The van der Waals surface area contributed by atoms with Crippen molar-refractivity contribution in [2.45, 2.75) is 57.8 Å². The summed E-state index contributed by atoms with van der Waals surface area (Å²) in [5.74, 6) is -0.0436. The molecule has 30 heavy (non-hydrogen) atoms. The van der Waals surface area contributed by atoms with Gasteiger partial charge in [-0.1, -0.05) is 25.3 Å². The summed E-state index contributed by atoms with van der Waals surface area (Å²) in [6.45, 7) is 3.49. The van der Waals surface area contributed by atoms with Crippen LogP contribution in [0.4, 0.5) is 0 Å². The number of nitrogens with zero attached hydrogens (tertiary/aromatic N) is 3. The lowest BCUT2D eigenvalue weighted by Crippen LogP contribution is -2.46. The number of pyridine rings is 1. The molecule has 2 aliphatic rings. The van der Waals surface area contributed by atoms with Crippen LogP contribution < -0.4 is 0 Å². The minimum Gasteiger partial charge on any atom is -0.370 e.